The number of aromatic hydroxyl groups is 4. The van der Waals surface area contributed by atoms with Gasteiger partial charge in [0.15, 0.2) is 5.41 Å². The van der Waals surface area contributed by atoms with Crippen LogP contribution in [0.15, 0.2) is 48.5 Å². The summed E-state index contributed by atoms with van der Waals surface area (Å²) in [5.74, 6) is -2.09. The summed E-state index contributed by atoms with van der Waals surface area (Å²) in [6.45, 7) is 0. The summed E-state index contributed by atoms with van der Waals surface area (Å²) in [6.07, 6.45) is 0. The molecule has 5 rings (SSSR count). The van der Waals surface area contributed by atoms with Crippen LogP contribution < -0.4 is 19.9 Å². The summed E-state index contributed by atoms with van der Waals surface area (Å²) in [5, 5.41) is 41.4. The van der Waals surface area contributed by atoms with Crippen molar-refractivity contribution in [3.05, 3.63) is 65.2 Å². The first-order chi connectivity index (χ1) is 13.8. The first-order valence-corrected chi connectivity index (χ1v) is 8.74. The molecule has 3 aromatic carbocycles. The number of rotatable bonds is 2. The van der Waals surface area contributed by atoms with Crippen molar-refractivity contribution in [2.24, 2.45) is 5.73 Å². The molecule has 0 aromatic heterocycles. The van der Waals surface area contributed by atoms with E-state index in [4.69, 9.17) is 19.9 Å². The minimum atomic E-state index is -1.90. The summed E-state index contributed by atoms with van der Waals surface area (Å²) in [5.41, 5.74) is 6.08. The molecule has 29 heavy (non-hydrogen) atoms. The zero-order valence-electron chi connectivity index (χ0n) is 15.2. The zero-order valence-corrected chi connectivity index (χ0v) is 15.2. The Kier molecular flexibility index (Phi) is 3.22. The summed E-state index contributed by atoms with van der Waals surface area (Å²) in [6, 6.07) is 11.8. The maximum absolute atomic E-state index is 10.8. The van der Waals surface area contributed by atoms with Gasteiger partial charge in [0.1, 0.15) is 40.2 Å². The van der Waals surface area contributed by atoms with Gasteiger partial charge in [-0.2, -0.15) is 0 Å². The minimum Gasteiger partial charge on any atom is -0.508 e. The van der Waals surface area contributed by atoms with Crippen LogP contribution in [-0.2, 0) is 5.41 Å². The third kappa shape index (κ3) is 2.01. The molecule has 2 heterocycles. The van der Waals surface area contributed by atoms with Crippen molar-refractivity contribution in [1.82, 2.24) is 0 Å². The van der Waals surface area contributed by atoms with Gasteiger partial charge in [-0.1, -0.05) is 12.1 Å². The fourth-order valence-electron chi connectivity index (χ4n) is 4.39. The van der Waals surface area contributed by atoms with Crippen molar-refractivity contribution < 1.29 is 34.6 Å². The number of hydrogen-bond acceptors (Lipinski definition) is 8. The number of phenolic OH excluding ortho intramolecular Hbond substituents is 4. The Bertz CT molecular complexity index is 1100. The Morgan fingerprint density at radius 2 is 1.28 bits per heavy atom. The maximum atomic E-state index is 10.8. The summed E-state index contributed by atoms with van der Waals surface area (Å²) in [4.78, 5) is 0. The molecule has 6 N–H and O–H groups in total. The van der Waals surface area contributed by atoms with E-state index in [-0.39, 0.29) is 45.6 Å². The van der Waals surface area contributed by atoms with Crippen LogP contribution in [0.4, 0.5) is 0 Å². The molecule has 0 fully saturated rings. The van der Waals surface area contributed by atoms with Crippen molar-refractivity contribution in [2.75, 3.05) is 7.11 Å². The monoisotopic (exact) mass is 395 g/mol. The number of nitrogens with two attached hydrogens (primary N) is 1. The van der Waals surface area contributed by atoms with E-state index in [1.807, 2.05) is 0 Å². The molecular formula is C21H17NO7. The van der Waals surface area contributed by atoms with Gasteiger partial charge in [-0.05, 0) is 17.7 Å². The predicted octanol–water partition coefficient (Wildman–Crippen LogP) is 2.25. The molecule has 0 saturated carbocycles. The molecule has 0 saturated heterocycles. The number of hydrogen-bond donors (Lipinski definition) is 5. The van der Waals surface area contributed by atoms with Crippen molar-refractivity contribution in [2.45, 2.75) is 11.3 Å². The molecule has 148 valence electrons. The number of fused-ring (bicyclic) bond motifs is 5. The molecule has 0 radical (unpaired) electrons. The third-order valence-corrected chi connectivity index (χ3v) is 5.45. The number of phenols is 4. The largest absolute Gasteiger partial charge is 0.508 e. The lowest BCUT2D eigenvalue weighted by Crippen LogP contribution is -2.60. The first-order valence-electron chi connectivity index (χ1n) is 8.74. The number of benzene rings is 3. The molecule has 2 aliphatic rings. The molecule has 8 nitrogen and oxygen atoms in total. The van der Waals surface area contributed by atoms with Crippen LogP contribution >= 0.6 is 0 Å². The molecule has 3 aromatic rings. The highest BCUT2D eigenvalue weighted by Crippen LogP contribution is 2.66. The van der Waals surface area contributed by atoms with Gasteiger partial charge in [-0.3, -0.25) is 5.73 Å². The van der Waals surface area contributed by atoms with Gasteiger partial charge in [-0.15, -0.1) is 0 Å². The van der Waals surface area contributed by atoms with Gasteiger partial charge in [0.25, 0.3) is 0 Å². The second-order valence-electron chi connectivity index (χ2n) is 7.03. The van der Waals surface area contributed by atoms with Crippen LogP contribution in [0.3, 0.4) is 0 Å². The SMILES string of the molecule is COc1ccc(C23c4c(O)cc(O)cc4OC2(N)Oc2cc(O)cc(O)c23)cc1. The van der Waals surface area contributed by atoms with E-state index in [0.29, 0.717) is 11.3 Å². The van der Waals surface area contributed by atoms with E-state index in [2.05, 4.69) is 0 Å². The lowest BCUT2D eigenvalue weighted by atomic mass is 9.68. The quantitative estimate of drug-likeness (QED) is 0.446. The molecule has 0 unspecified atom stereocenters. The van der Waals surface area contributed by atoms with E-state index in [1.54, 1.807) is 24.3 Å². The van der Waals surface area contributed by atoms with E-state index >= 15 is 0 Å². The topological polar surface area (TPSA) is 135 Å². The van der Waals surface area contributed by atoms with Gasteiger partial charge in [0.2, 0.25) is 0 Å². The van der Waals surface area contributed by atoms with E-state index in [0.717, 1.165) is 12.1 Å². The summed E-state index contributed by atoms with van der Waals surface area (Å²) in [7, 11) is 1.53. The molecule has 0 spiro atoms. The van der Waals surface area contributed by atoms with Crippen LogP contribution in [0.5, 0.6) is 40.2 Å². The molecule has 0 atom stereocenters. The van der Waals surface area contributed by atoms with Gasteiger partial charge in [0, 0.05) is 24.3 Å². The highest BCUT2D eigenvalue weighted by atomic mass is 16.7. The third-order valence-electron chi connectivity index (χ3n) is 5.45. The molecule has 0 bridgehead atoms. The summed E-state index contributed by atoms with van der Waals surface area (Å²) >= 11 is 0. The van der Waals surface area contributed by atoms with Crippen LogP contribution in [0.1, 0.15) is 16.7 Å². The van der Waals surface area contributed by atoms with Crippen molar-refractivity contribution >= 4 is 0 Å². The second-order valence-corrected chi connectivity index (χ2v) is 7.03. The second kappa shape index (κ2) is 5.39. The summed E-state index contributed by atoms with van der Waals surface area (Å²) < 4.78 is 17.0. The lowest BCUT2D eigenvalue weighted by Gasteiger charge is -2.35. The smallest absolute Gasteiger partial charge is 0.329 e. The number of methoxy groups -OCH3 is 1. The van der Waals surface area contributed by atoms with E-state index in [9.17, 15) is 20.4 Å². The van der Waals surface area contributed by atoms with Crippen LogP contribution in [0, 0.1) is 0 Å². The average molecular weight is 395 g/mol. The molecular weight excluding hydrogens is 378 g/mol. The normalized spacial score (nSPS) is 23.5. The predicted molar refractivity (Wildman–Crippen MR) is 101 cm³/mol. The number of ether oxygens (including phenoxy) is 3. The van der Waals surface area contributed by atoms with Gasteiger partial charge < -0.3 is 34.6 Å². The van der Waals surface area contributed by atoms with Crippen molar-refractivity contribution in [3.8, 4) is 40.2 Å². The fourth-order valence-corrected chi connectivity index (χ4v) is 4.39. The Morgan fingerprint density at radius 3 is 1.72 bits per heavy atom. The standard InChI is InChI=1S/C21H17NO7/c1-27-13-4-2-10(3-5-13)20-18-14(25)6-11(23)8-16(18)28-21(20,22)29-17-9-12(24)7-15(26)19(17)20/h2-9,23-26H,22H2,1H3. The fraction of sp³-hybridized carbons (Fsp3) is 0.143. The Balaban J connectivity index is 1.93. The van der Waals surface area contributed by atoms with Crippen LogP contribution in [0.2, 0.25) is 0 Å². The Hall–Kier alpha value is -3.78. The van der Waals surface area contributed by atoms with E-state index in [1.165, 1.54) is 19.2 Å². The Labute approximate surface area is 164 Å². The van der Waals surface area contributed by atoms with Crippen LogP contribution in [-0.4, -0.2) is 33.4 Å². The Morgan fingerprint density at radius 1 is 0.793 bits per heavy atom. The molecule has 8 heteroatoms. The molecule has 0 aliphatic carbocycles. The highest BCUT2D eigenvalue weighted by Gasteiger charge is 2.70. The van der Waals surface area contributed by atoms with Gasteiger partial charge >= 0.3 is 5.91 Å². The van der Waals surface area contributed by atoms with Crippen molar-refractivity contribution in [3.63, 3.8) is 0 Å². The average Bonchev–Trinajstić information content (AvgIpc) is 3.04. The lowest BCUT2D eigenvalue weighted by molar-refractivity contribution is -0.105. The van der Waals surface area contributed by atoms with Gasteiger partial charge in [0.05, 0.1) is 18.2 Å². The van der Waals surface area contributed by atoms with Crippen molar-refractivity contribution in [1.29, 1.82) is 0 Å². The van der Waals surface area contributed by atoms with E-state index < -0.39 is 11.3 Å². The zero-order chi connectivity index (χ0) is 20.6. The molecule has 2 aliphatic heterocycles. The van der Waals surface area contributed by atoms with Crippen LogP contribution in [0.25, 0.3) is 0 Å². The minimum absolute atomic E-state index is 0.110. The highest BCUT2D eigenvalue weighted by molar-refractivity contribution is 5.74. The first kappa shape index (κ1) is 17.3. The van der Waals surface area contributed by atoms with Gasteiger partial charge in [-0.25, -0.2) is 0 Å². The molecule has 0 amide bonds. The maximum Gasteiger partial charge on any atom is 0.329 e.